The molecule has 2 amide bonds. The molecule has 1 atom stereocenters. The van der Waals surface area contributed by atoms with E-state index in [9.17, 15) is 14.0 Å². The molecule has 0 spiro atoms. The van der Waals surface area contributed by atoms with E-state index in [1.54, 1.807) is 19.1 Å². The van der Waals surface area contributed by atoms with Gasteiger partial charge < -0.3 is 10.6 Å². The molecule has 2 aromatic carbocycles. The predicted octanol–water partition coefficient (Wildman–Crippen LogP) is 3.86. The molecule has 0 saturated carbocycles. The molecule has 0 fully saturated rings. The number of halogens is 2. The van der Waals surface area contributed by atoms with Gasteiger partial charge in [0.2, 0.25) is 11.8 Å². The van der Waals surface area contributed by atoms with Crippen molar-refractivity contribution in [3.63, 3.8) is 0 Å². The first kappa shape index (κ1) is 19.3. The summed E-state index contributed by atoms with van der Waals surface area (Å²) in [6.07, 6.45) is 0. The fourth-order valence-corrected chi connectivity index (χ4v) is 2.91. The van der Waals surface area contributed by atoms with Crippen molar-refractivity contribution in [3.05, 3.63) is 64.9 Å². The maximum absolute atomic E-state index is 12.8. The topological polar surface area (TPSA) is 58.2 Å². The standard InChI is InChI=1S/C18H18ClFN2O2S/c1-12(18(24)21-10-13-3-2-4-14(19)9-13)25-11-17(23)22-16-7-5-15(20)6-8-16/h2-9,12H,10-11H2,1H3,(H,21,24)(H,22,23). The van der Waals surface area contributed by atoms with Gasteiger partial charge in [-0.25, -0.2) is 4.39 Å². The van der Waals surface area contributed by atoms with Gasteiger partial charge in [0.25, 0.3) is 0 Å². The molecule has 0 bridgehead atoms. The zero-order valence-electron chi connectivity index (χ0n) is 13.6. The molecule has 132 valence electrons. The molecule has 0 saturated heterocycles. The average molecular weight is 381 g/mol. The molecular formula is C18H18ClFN2O2S. The minimum atomic E-state index is -0.377. The van der Waals surface area contributed by atoms with Gasteiger partial charge in [-0.2, -0.15) is 0 Å². The van der Waals surface area contributed by atoms with Gasteiger partial charge in [-0.05, 0) is 48.9 Å². The first-order valence-corrected chi connectivity index (χ1v) is 9.06. The predicted molar refractivity (Wildman–Crippen MR) is 100 cm³/mol. The van der Waals surface area contributed by atoms with Crippen LogP contribution in [0.5, 0.6) is 0 Å². The van der Waals surface area contributed by atoms with E-state index in [0.717, 1.165) is 5.56 Å². The van der Waals surface area contributed by atoms with E-state index in [-0.39, 0.29) is 28.6 Å². The number of anilines is 1. The fourth-order valence-electron chi connectivity index (χ4n) is 1.99. The number of carbonyl (C=O) groups excluding carboxylic acids is 2. The Morgan fingerprint density at radius 3 is 2.60 bits per heavy atom. The Balaban J connectivity index is 1.73. The van der Waals surface area contributed by atoms with E-state index in [4.69, 9.17) is 11.6 Å². The van der Waals surface area contributed by atoms with Crippen molar-refractivity contribution in [3.8, 4) is 0 Å². The second kappa shape index (κ2) is 9.44. The van der Waals surface area contributed by atoms with Crippen molar-refractivity contribution in [1.82, 2.24) is 5.32 Å². The number of carbonyl (C=O) groups is 2. The third kappa shape index (κ3) is 6.76. The van der Waals surface area contributed by atoms with Crippen LogP contribution in [0.25, 0.3) is 0 Å². The molecule has 0 radical (unpaired) electrons. The Morgan fingerprint density at radius 1 is 1.20 bits per heavy atom. The summed E-state index contributed by atoms with van der Waals surface area (Å²) in [6, 6.07) is 12.8. The van der Waals surface area contributed by atoms with Crippen molar-refractivity contribution in [1.29, 1.82) is 0 Å². The third-order valence-corrected chi connectivity index (χ3v) is 4.70. The molecule has 4 nitrogen and oxygen atoms in total. The molecule has 25 heavy (non-hydrogen) atoms. The Kier molecular flexibility index (Phi) is 7.28. The molecule has 1 unspecified atom stereocenters. The van der Waals surface area contributed by atoms with E-state index < -0.39 is 0 Å². The zero-order chi connectivity index (χ0) is 18.2. The van der Waals surface area contributed by atoms with Crippen LogP contribution >= 0.6 is 23.4 Å². The van der Waals surface area contributed by atoms with Crippen molar-refractivity contribution < 1.29 is 14.0 Å². The lowest BCUT2D eigenvalue weighted by molar-refractivity contribution is -0.120. The van der Waals surface area contributed by atoms with Gasteiger partial charge in [-0.3, -0.25) is 9.59 Å². The second-order valence-corrected chi connectivity index (χ2v) is 7.12. The first-order valence-electron chi connectivity index (χ1n) is 7.63. The van der Waals surface area contributed by atoms with Crippen molar-refractivity contribution in [2.24, 2.45) is 0 Å². The zero-order valence-corrected chi connectivity index (χ0v) is 15.2. The van der Waals surface area contributed by atoms with Crippen LogP contribution in [0.4, 0.5) is 10.1 Å². The molecule has 0 aliphatic heterocycles. The number of thioether (sulfide) groups is 1. The van der Waals surface area contributed by atoms with Crippen molar-refractivity contribution >= 4 is 40.9 Å². The summed E-state index contributed by atoms with van der Waals surface area (Å²) in [4.78, 5) is 23.9. The summed E-state index contributed by atoms with van der Waals surface area (Å²) in [5.74, 6) is -0.633. The van der Waals surface area contributed by atoms with E-state index in [0.29, 0.717) is 17.3 Å². The number of rotatable bonds is 7. The summed E-state index contributed by atoms with van der Waals surface area (Å²) in [5.41, 5.74) is 1.43. The molecule has 2 N–H and O–H groups in total. The maximum Gasteiger partial charge on any atom is 0.234 e. The number of hydrogen-bond acceptors (Lipinski definition) is 3. The van der Waals surface area contributed by atoms with E-state index in [1.807, 2.05) is 12.1 Å². The molecular weight excluding hydrogens is 363 g/mol. The minimum absolute atomic E-state index is 0.128. The Morgan fingerprint density at radius 2 is 1.92 bits per heavy atom. The molecule has 2 aromatic rings. The van der Waals surface area contributed by atoms with E-state index in [2.05, 4.69) is 10.6 Å². The normalized spacial score (nSPS) is 11.6. The molecule has 0 aromatic heterocycles. The third-order valence-electron chi connectivity index (χ3n) is 3.32. The summed E-state index contributed by atoms with van der Waals surface area (Å²) in [5, 5.41) is 5.71. The molecule has 0 aliphatic rings. The van der Waals surface area contributed by atoms with Gasteiger partial charge in [0.05, 0.1) is 11.0 Å². The Bertz CT molecular complexity index is 740. The number of hydrogen-bond donors (Lipinski definition) is 2. The average Bonchev–Trinajstić information content (AvgIpc) is 2.59. The van der Waals surface area contributed by atoms with Crippen LogP contribution in [0.1, 0.15) is 12.5 Å². The van der Waals surface area contributed by atoms with Crippen molar-refractivity contribution in [2.45, 2.75) is 18.7 Å². The molecule has 2 rings (SSSR count). The summed E-state index contributed by atoms with van der Waals surface area (Å²) in [7, 11) is 0. The molecule has 0 aliphatic carbocycles. The molecule has 7 heteroatoms. The first-order chi connectivity index (χ1) is 11.9. The van der Waals surface area contributed by atoms with E-state index in [1.165, 1.54) is 36.0 Å². The number of nitrogens with one attached hydrogen (secondary N) is 2. The van der Waals surface area contributed by atoms with Crippen LogP contribution in [-0.4, -0.2) is 22.8 Å². The van der Waals surface area contributed by atoms with Crippen LogP contribution in [-0.2, 0) is 16.1 Å². The minimum Gasteiger partial charge on any atom is -0.351 e. The van der Waals surface area contributed by atoms with Gasteiger partial charge in [0.1, 0.15) is 5.82 Å². The smallest absolute Gasteiger partial charge is 0.234 e. The number of amides is 2. The van der Waals surface area contributed by atoms with Crippen LogP contribution in [0.15, 0.2) is 48.5 Å². The van der Waals surface area contributed by atoms with Gasteiger partial charge in [-0.1, -0.05) is 23.7 Å². The highest BCUT2D eigenvalue weighted by molar-refractivity contribution is 8.01. The van der Waals surface area contributed by atoms with Gasteiger partial charge in [0, 0.05) is 17.3 Å². The monoisotopic (exact) mass is 380 g/mol. The maximum atomic E-state index is 12.8. The lowest BCUT2D eigenvalue weighted by Crippen LogP contribution is -2.31. The van der Waals surface area contributed by atoms with Gasteiger partial charge in [-0.15, -0.1) is 11.8 Å². The lowest BCUT2D eigenvalue weighted by atomic mass is 10.2. The van der Waals surface area contributed by atoms with Crippen molar-refractivity contribution in [2.75, 3.05) is 11.1 Å². The summed E-state index contributed by atoms with van der Waals surface area (Å²) >= 11 is 7.13. The largest absolute Gasteiger partial charge is 0.351 e. The Hall–Kier alpha value is -2.05. The number of benzene rings is 2. The van der Waals surface area contributed by atoms with Crippen LogP contribution < -0.4 is 10.6 Å². The fraction of sp³-hybridized carbons (Fsp3) is 0.222. The molecule has 0 heterocycles. The summed E-state index contributed by atoms with van der Waals surface area (Å²) < 4.78 is 12.8. The van der Waals surface area contributed by atoms with Gasteiger partial charge >= 0.3 is 0 Å². The van der Waals surface area contributed by atoms with Crippen LogP contribution in [0.3, 0.4) is 0 Å². The second-order valence-electron chi connectivity index (χ2n) is 5.36. The highest BCUT2D eigenvalue weighted by atomic mass is 35.5. The van der Waals surface area contributed by atoms with Crippen LogP contribution in [0.2, 0.25) is 5.02 Å². The lowest BCUT2D eigenvalue weighted by Gasteiger charge is -2.12. The summed E-state index contributed by atoms with van der Waals surface area (Å²) in [6.45, 7) is 2.12. The van der Waals surface area contributed by atoms with Crippen LogP contribution in [0, 0.1) is 5.82 Å². The van der Waals surface area contributed by atoms with Gasteiger partial charge in [0.15, 0.2) is 0 Å². The SMILES string of the molecule is CC(SCC(=O)Nc1ccc(F)cc1)C(=O)NCc1cccc(Cl)c1. The highest BCUT2D eigenvalue weighted by Gasteiger charge is 2.15. The highest BCUT2D eigenvalue weighted by Crippen LogP contribution is 2.14. The van der Waals surface area contributed by atoms with E-state index >= 15 is 0 Å². The Labute approximate surface area is 155 Å². The quantitative estimate of drug-likeness (QED) is 0.766.